The fourth-order valence-electron chi connectivity index (χ4n) is 3.11. The van der Waals surface area contributed by atoms with Crippen LogP contribution in [0.2, 0.25) is 0 Å². The number of benzene rings is 3. The molecule has 0 fully saturated rings. The van der Waals surface area contributed by atoms with Crippen molar-refractivity contribution in [2.75, 3.05) is 5.32 Å². The number of benzodiazepines with no additional fused rings is 1. The molecular formula is C25H26N6O. The van der Waals surface area contributed by atoms with Gasteiger partial charge in [0.2, 0.25) is 12.1 Å². The number of carbonyl (C=O) groups excluding carboxylic acids is 1. The summed E-state index contributed by atoms with van der Waals surface area (Å²) in [6, 6.07) is 26.3. The van der Waals surface area contributed by atoms with E-state index in [9.17, 15) is 4.79 Å². The van der Waals surface area contributed by atoms with Crippen LogP contribution in [0.5, 0.6) is 0 Å². The van der Waals surface area contributed by atoms with Crippen molar-refractivity contribution in [2.24, 2.45) is 26.4 Å². The number of amidine groups is 1. The highest BCUT2D eigenvalue weighted by molar-refractivity contribution is 6.19. The van der Waals surface area contributed by atoms with Crippen molar-refractivity contribution in [1.82, 2.24) is 0 Å². The highest BCUT2D eigenvalue weighted by Gasteiger charge is 2.25. The lowest BCUT2D eigenvalue weighted by Crippen LogP contribution is -2.27. The van der Waals surface area contributed by atoms with Crippen LogP contribution >= 0.6 is 0 Å². The monoisotopic (exact) mass is 426 g/mol. The van der Waals surface area contributed by atoms with Crippen LogP contribution in [0.15, 0.2) is 99.9 Å². The minimum Gasteiger partial charge on any atom is -0.383 e. The predicted octanol–water partition coefficient (Wildman–Crippen LogP) is 3.55. The Morgan fingerprint density at radius 2 is 1.47 bits per heavy atom. The zero-order valence-electron chi connectivity index (χ0n) is 18.1. The molecule has 0 radical (unpaired) electrons. The number of nitrogens with zero attached hydrogens (tertiary/aromatic N) is 3. The van der Waals surface area contributed by atoms with E-state index in [1.165, 1.54) is 0 Å². The van der Waals surface area contributed by atoms with Crippen LogP contribution in [0.3, 0.4) is 0 Å². The third-order valence-electron chi connectivity index (χ3n) is 4.53. The number of fused-ring (bicyclic) bond motifs is 1. The van der Waals surface area contributed by atoms with Crippen LogP contribution in [-0.4, -0.2) is 29.6 Å². The lowest BCUT2D eigenvalue weighted by atomic mass is 10.0. The first-order valence-electron chi connectivity index (χ1n) is 10.4. The van der Waals surface area contributed by atoms with Crippen LogP contribution in [0, 0.1) is 0 Å². The molecule has 0 bridgehead atoms. The van der Waals surface area contributed by atoms with Crippen molar-refractivity contribution in [3.63, 3.8) is 0 Å². The van der Waals surface area contributed by atoms with E-state index in [1.54, 1.807) is 0 Å². The van der Waals surface area contributed by atoms with Crippen LogP contribution in [0.25, 0.3) is 0 Å². The number of hydrogen-bond donors (Lipinski definition) is 3. The van der Waals surface area contributed by atoms with Crippen molar-refractivity contribution in [2.45, 2.75) is 20.0 Å². The fourth-order valence-corrected chi connectivity index (χ4v) is 3.11. The maximum atomic E-state index is 12.8. The molecule has 7 heteroatoms. The first-order chi connectivity index (χ1) is 15.6. The Labute approximate surface area is 187 Å². The van der Waals surface area contributed by atoms with E-state index < -0.39 is 12.1 Å². The molecular weight excluding hydrogens is 400 g/mol. The molecule has 32 heavy (non-hydrogen) atoms. The van der Waals surface area contributed by atoms with Crippen molar-refractivity contribution < 1.29 is 4.79 Å². The normalized spacial score (nSPS) is 16.0. The van der Waals surface area contributed by atoms with Gasteiger partial charge in [0.15, 0.2) is 0 Å². The molecule has 1 aliphatic rings. The summed E-state index contributed by atoms with van der Waals surface area (Å²) >= 11 is 0. The second-order valence-corrected chi connectivity index (χ2v) is 6.60. The van der Waals surface area contributed by atoms with Gasteiger partial charge in [-0.15, -0.1) is 0 Å². The number of guanidine groups is 1. The summed E-state index contributed by atoms with van der Waals surface area (Å²) in [5, 5.41) is 2.87. The number of nitrogens with two attached hydrogens (primary N) is 2. The predicted molar refractivity (Wildman–Crippen MR) is 131 cm³/mol. The SMILES string of the molecule is CC.N/C(=N\C(N)=N\C1N=C(c2ccccc2)c2ccccc2NC1=O)c1ccccc1. The zero-order chi connectivity index (χ0) is 22.9. The summed E-state index contributed by atoms with van der Waals surface area (Å²) in [6.45, 7) is 4.00. The number of aliphatic imine (C=N–C) groups is 3. The van der Waals surface area contributed by atoms with E-state index in [1.807, 2.05) is 98.8 Å². The summed E-state index contributed by atoms with van der Waals surface area (Å²) in [5.74, 6) is -0.315. The van der Waals surface area contributed by atoms with Crippen LogP contribution in [0.4, 0.5) is 5.69 Å². The standard InChI is InChI=1S/C23H20N6O.C2H6/c24-20(16-11-5-2-6-12-16)28-23(25)29-21-22(30)26-18-14-8-7-13-17(18)19(27-21)15-9-3-1-4-10-15;1-2/h1-14,21H,(H,26,30)(H4,24,25,28,29);1-2H3. The lowest BCUT2D eigenvalue weighted by molar-refractivity contribution is -0.117. The van der Waals surface area contributed by atoms with Crippen molar-refractivity contribution in [3.8, 4) is 0 Å². The second-order valence-electron chi connectivity index (χ2n) is 6.60. The van der Waals surface area contributed by atoms with Gasteiger partial charge in [0.1, 0.15) is 5.84 Å². The van der Waals surface area contributed by atoms with Crippen molar-refractivity contribution in [3.05, 3.63) is 102 Å². The quantitative estimate of drug-likeness (QED) is 0.439. The topological polar surface area (TPSA) is 118 Å². The van der Waals surface area contributed by atoms with E-state index in [4.69, 9.17) is 11.5 Å². The van der Waals surface area contributed by atoms with Gasteiger partial charge < -0.3 is 16.8 Å². The van der Waals surface area contributed by atoms with Gasteiger partial charge in [-0.2, -0.15) is 4.99 Å². The molecule has 0 saturated heterocycles. The Hall–Kier alpha value is -4.26. The first kappa shape index (κ1) is 22.4. The van der Waals surface area contributed by atoms with Crippen molar-refractivity contribution in [1.29, 1.82) is 0 Å². The molecule has 3 aromatic rings. The lowest BCUT2D eigenvalue weighted by Gasteiger charge is -2.09. The van der Waals surface area contributed by atoms with E-state index in [0.717, 1.165) is 11.1 Å². The maximum Gasteiger partial charge on any atom is 0.271 e. The Bertz CT molecular complexity index is 1150. The number of carbonyl (C=O) groups is 1. The van der Waals surface area contributed by atoms with E-state index in [-0.39, 0.29) is 11.8 Å². The van der Waals surface area contributed by atoms with Crippen LogP contribution in [-0.2, 0) is 4.79 Å². The van der Waals surface area contributed by atoms with Gasteiger partial charge >= 0.3 is 0 Å². The number of para-hydroxylation sites is 1. The molecule has 1 heterocycles. The number of anilines is 1. The molecule has 4 rings (SSSR count). The minimum atomic E-state index is -1.10. The number of nitrogens with one attached hydrogen (secondary N) is 1. The summed E-state index contributed by atoms with van der Waals surface area (Å²) < 4.78 is 0. The summed E-state index contributed by atoms with van der Waals surface area (Å²) in [5.41, 5.74) is 15.7. The highest BCUT2D eigenvalue weighted by Crippen LogP contribution is 2.24. The molecule has 1 amide bonds. The minimum absolute atomic E-state index is 0.126. The fraction of sp³-hybridized carbons (Fsp3) is 0.120. The second kappa shape index (κ2) is 10.7. The largest absolute Gasteiger partial charge is 0.383 e. The van der Waals surface area contributed by atoms with Crippen molar-refractivity contribution >= 4 is 29.1 Å². The smallest absolute Gasteiger partial charge is 0.271 e. The van der Waals surface area contributed by atoms with E-state index in [2.05, 4.69) is 20.3 Å². The van der Waals surface area contributed by atoms with E-state index >= 15 is 0 Å². The Morgan fingerprint density at radius 3 is 2.16 bits per heavy atom. The third kappa shape index (κ3) is 5.26. The van der Waals surface area contributed by atoms with Gasteiger partial charge in [-0.1, -0.05) is 92.7 Å². The number of hydrogen-bond acceptors (Lipinski definition) is 3. The van der Waals surface area contributed by atoms with E-state index in [0.29, 0.717) is 17.0 Å². The Kier molecular flexibility index (Phi) is 7.48. The van der Waals surface area contributed by atoms with Crippen LogP contribution < -0.4 is 16.8 Å². The van der Waals surface area contributed by atoms with Gasteiger partial charge in [-0.3, -0.25) is 4.79 Å². The third-order valence-corrected chi connectivity index (χ3v) is 4.53. The molecule has 1 aliphatic heterocycles. The molecule has 1 unspecified atom stereocenters. The van der Waals surface area contributed by atoms with Gasteiger partial charge in [0, 0.05) is 16.7 Å². The molecule has 162 valence electrons. The zero-order valence-corrected chi connectivity index (χ0v) is 18.1. The molecule has 5 N–H and O–H groups in total. The Morgan fingerprint density at radius 1 is 0.875 bits per heavy atom. The average molecular weight is 427 g/mol. The highest BCUT2D eigenvalue weighted by atomic mass is 16.2. The van der Waals surface area contributed by atoms with Gasteiger partial charge in [0.05, 0.1) is 11.4 Å². The molecule has 7 nitrogen and oxygen atoms in total. The molecule has 0 aliphatic carbocycles. The van der Waals surface area contributed by atoms with Gasteiger partial charge in [-0.25, -0.2) is 9.98 Å². The maximum absolute atomic E-state index is 12.8. The summed E-state index contributed by atoms with van der Waals surface area (Å²) in [7, 11) is 0. The van der Waals surface area contributed by atoms with Crippen LogP contribution in [0.1, 0.15) is 30.5 Å². The molecule has 0 aromatic heterocycles. The van der Waals surface area contributed by atoms with Gasteiger partial charge in [0.25, 0.3) is 5.91 Å². The first-order valence-corrected chi connectivity index (χ1v) is 10.4. The molecule has 0 saturated carbocycles. The number of rotatable bonds is 3. The molecule has 0 spiro atoms. The average Bonchev–Trinajstić information content (AvgIpc) is 2.97. The summed E-state index contributed by atoms with van der Waals surface area (Å²) in [4.78, 5) is 25.8. The van der Waals surface area contributed by atoms with Gasteiger partial charge in [-0.05, 0) is 6.07 Å². The Balaban J connectivity index is 0.00000141. The number of amides is 1. The molecule has 3 aromatic carbocycles. The molecule has 1 atom stereocenters. The summed E-state index contributed by atoms with van der Waals surface area (Å²) in [6.07, 6.45) is -1.10.